The number of aliphatic hydroxyl groups is 1. The summed E-state index contributed by atoms with van der Waals surface area (Å²) >= 11 is 0. The van der Waals surface area contributed by atoms with E-state index in [0.29, 0.717) is 19.7 Å². The van der Waals surface area contributed by atoms with Gasteiger partial charge in [-0.3, -0.25) is 4.79 Å². The first kappa shape index (κ1) is 12.4. The Bertz CT molecular complexity index is 201. The second-order valence-electron chi connectivity index (χ2n) is 3.91. The molecule has 0 unspecified atom stereocenters. The molecule has 3 N–H and O–H groups in total. The Morgan fingerprint density at radius 2 is 2.20 bits per heavy atom. The van der Waals surface area contributed by atoms with Gasteiger partial charge in [-0.1, -0.05) is 0 Å². The fourth-order valence-corrected chi connectivity index (χ4v) is 1.75. The van der Waals surface area contributed by atoms with Gasteiger partial charge in [0, 0.05) is 13.1 Å². The number of amides is 1. The van der Waals surface area contributed by atoms with Crippen LogP contribution in [0.2, 0.25) is 0 Å². The van der Waals surface area contributed by atoms with Crippen molar-refractivity contribution < 1.29 is 14.6 Å². The van der Waals surface area contributed by atoms with Crippen LogP contribution in [0, 0.1) is 0 Å². The average Bonchev–Trinajstić information content (AvgIpc) is 2.26. The van der Waals surface area contributed by atoms with E-state index in [1.165, 1.54) is 0 Å². The summed E-state index contributed by atoms with van der Waals surface area (Å²) in [5, 5.41) is 8.60. The SMILES string of the molecule is C[C@H](N)C(=O)N1CCC(OCCO)CC1. The lowest BCUT2D eigenvalue weighted by Gasteiger charge is -2.32. The number of carbonyl (C=O) groups is 1. The molecule has 1 amide bonds. The van der Waals surface area contributed by atoms with Gasteiger partial charge in [0.05, 0.1) is 25.4 Å². The molecule has 1 saturated heterocycles. The second kappa shape index (κ2) is 6.05. The largest absolute Gasteiger partial charge is 0.394 e. The lowest BCUT2D eigenvalue weighted by Crippen LogP contribution is -2.47. The van der Waals surface area contributed by atoms with E-state index in [9.17, 15) is 4.79 Å². The van der Waals surface area contributed by atoms with Gasteiger partial charge in [-0.15, -0.1) is 0 Å². The molecule has 0 saturated carbocycles. The maximum atomic E-state index is 11.5. The highest BCUT2D eigenvalue weighted by atomic mass is 16.5. The van der Waals surface area contributed by atoms with Gasteiger partial charge >= 0.3 is 0 Å². The van der Waals surface area contributed by atoms with E-state index >= 15 is 0 Å². The molecule has 1 heterocycles. The van der Waals surface area contributed by atoms with E-state index < -0.39 is 6.04 Å². The van der Waals surface area contributed by atoms with E-state index in [4.69, 9.17) is 15.6 Å². The number of nitrogens with zero attached hydrogens (tertiary/aromatic N) is 1. The third-order valence-corrected chi connectivity index (χ3v) is 2.59. The third-order valence-electron chi connectivity index (χ3n) is 2.59. The molecule has 1 atom stereocenters. The number of hydrogen-bond acceptors (Lipinski definition) is 4. The number of carbonyl (C=O) groups excluding carboxylic acids is 1. The minimum Gasteiger partial charge on any atom is -0.394 e. The number of nitrogens with two attached hydrogens (primary N) is 1. The number of rotatable bonds is 4. The van der Waals surface area contributed by atoms with Crippen molar-refractivity contribution in [2.75, 3.05) is 26.3 Å². The average molecular weight is 216 g/mol. The number of hydrogen-bond donors (Lipinski definition) is 2. The number of likely N-dealkylation sites (tertiary alicyclic amines) is 1. The predicted molar refractivity (Wildman–Crippen MR) is 56.3 cm³/mol. The summed E-state index contributed by atoms with van der Waals surface area (Å²) in [6.07, 6.45) is 1.84. The molecule has 0 aromatic heterocycles. The molecule has 88 valence electrons. The van der Waals surface area contributed by atoms with E-state index in [1.807, 2.05) is 0 Å². The van der Waals surface area contributed by atoms with Crippen LogP contribution in [0.25, 0.3) is 0 Å². The van der Waals surface area contributed by atoms with Crippen LogP contribution in [0.1, 0.15) is 19.8 Å². The second-order valence-corrected chi connectivity index (χ2v) is 3.91. The molecule has 1 fully saturated rings. The van der Waals surface area contributed by atoms with E-state index in [2.05, 4.69) is 0 Å². The zero-order chi connectivity index (χ0) is 11.3. The molecule has 0 aromatic carbocycles. The lowest BCUT2D eigenvalue weighted by atomic mass is 10.1. The van der Waals surface area contributed by atoms with Crippen LogP contribution in [-0.4, -0.2) is 54.4 Å². The van der Waals surface area contributed by atoms with Gasteiger partial charge in [0.25, 0.3) is 0 Å². The molecular formula is C10H20N2O3. The minimum atomic E-state index is -0.417. The predicted octanol–water partition coefficient (Wildman–Crippen LogP) is -0.666. The zero-order valence-corrected chi connectivity index (χ0v) is 9.19. The molecule has 0 spiro atoms. The van der Waals surface area contributed by atoms with Crippen LogP contribution in [0.15, 0.2) is 0 Å². The van der Waals surface area contributed by atoms with Crippen molar-refractivity contribution in [1.82, 2.24) is 4.90 Å². The van der Waals surface area contributed by atoms with Crippen molar-refractivity contribution >= 4 is 5.91 Å². The first-order chi connectivity index (χ1) is 7.15. The molecule has 0 bridgehead atoms. The fraction of sp³-hybridized carbons (Fsp3) is 0.900. The van der Waals surface area contributed by atoms with Gasteiger partial charge in [0.1, 0.15) is 0 Å². The van der Waals surface area contributed by atoms with Gasteiger partial charge in [-0.25, -0.2) is 0 Å². The summed E-state index contributed by atoms with van der Waals surface area (Å²) in [5.41, 5.74) is 5.53. The van der Waals surface area contributed by atoms with Gasteiger partial charge in [-0.05, 0) is 19.8 Å². The standard InChI is InChI=1S/C10H20N2O3/c1-8(11)10(14)12-4-2-9(3-5-12)15-7-6-13/h8-9,13H,2-7,11H2,1H3/t8-/m0/s1. The molecule has 1 aliphatic heterocycles. The smallest absolute Gasteiger partial charge is 0.239 e. The Labute approximate surface area is 90.2 Å². The first-order valence-electron chi connectivity index (χ1n) is 5.42. The molecule has 1 aliphatic rings. The van der Waals surface area contributed by atoms with Crippen LogP contribution in [-0.2, 0) is 9.53 Å². The fourth-order valence-electron chi connectivity index (χ4n) is 1.75. The normalized spacial score (nSPS) is 20.3. The van der Waals surface area contributed by atoms with Crippen molar-refractivity contribution in [3.8, 4) is 0 Å². The summed E-state index contributed by atoms with van der Waals surface area (Å²) in [6, 6.07) is -0.417. The maximum Gasteiger partial charge on any atom is 0.239 e. The Balaban J connectivity index is 2.26. The van der Waals surface area contributed by atoms with Crippen molar-refractivity contribution in [2.45, 2.75) is 31.9 Å². The first-order valence-corrected chi connectivity index (χ1v) is 5.42. The van der Waals surface area contributed by atoms with E-state index in [0.717, 1.165) is 12.8 Å². The zero-order valence-electron chi connectivity index (χ0n) is 9.19. The van der Waals surface area contributed by atoms with Crippen LogP contribution >= 0.6 is 0 Å². The van der Waals surface area contributed by atoms with Crippen LogP contribution < -0.4 is 5.73 Å². The molecule has 0 aromatic rings. The number of aliphatic hydroxyl groups excluding tert-OH is 1. The number of piperidine rings is 1. The van der Waals surface area contributed by atoms with Crippen LogP contribution in [0.3, 0.4) is 0 Å². The maximum absolute atomic E-state index is 11.5. The summed E-state index contributed by atoms with van der Waals surface area (Å²) in [5.74, 6) is 0.00982. The van der Waals surface area contributed by atoms with Gasteiger partial charge in [0.15, 0.2) is 0 Å². The third kappa shape index (κ3) is 3.77. The van der Waals surface area contributed by atoms with Gasteiger partial charge in [-0.2, -0.15) is 0 Å². The lowest BCUT2D eigenvalue weighted by molar-refractivity contribution is -0.134. The molecule has 1 rings (SSSR count). The highest BCUT2D eigenvalue weighted by molar-refractivity contribution is 5.81. The number of ether oxygens (including phenoxy) is 1. The van der Waals surface area contributed by atoms with Gasteiger partial charge < -0.3 is 20.5 Å². The van der Waals surface area contributed by atoms with E-state index in [-0.39, 0.29) is 18.6 Å². The molecule has 15 heavy (non-hydrogen) atoms. The monoisotopic (exact) mass is 216 g/mol. The molecule has 0 radical (unpaired) electrons. The Morgan fingerprint density at radius 1 is 1.60 bits per heavy atom. The van der Waals surface area contributed by atoms with Crippen molar-refractivity contribution in [2.24, 2.45) is 5.73 Å². The molecule has 0 aliphatic carbocycles. The summed E-state index contributed by atoms with van der Waals surface area (Å²) in [7, 11) is 0. The summed E-state index contributed by atoms with van der Waals surface area (Å²) in [6.45, 7) is 3.55. The van der Waals surface area contributed by atoms with E-state index in [1.54, 1.807) is 11.8 Å². The van der Waals surface area contributed by atoms with Crippen LogP contribution in [0.4, 0.5) is 0 Å². The van der Waals surface area contributed by atoms with Gasteiger partial charge in [0.2, 0.25) is 5.91 Å². The highest BCUT2D eigenvalue weighted by Crippen LogP contribution is 2.14. The molecule has 5 heteroatoms. The quantitative estimate of drug-likeness (QED) is 0.653. The Hall–Kier alpha value is -0.650. The van der Waals surface area contributed by atoms with Crippen molar-refractivity contribution in [3.63, 3.8) is 0 Å². The van der Waals surface area contributed by atoms with Crippen molar-refractivity contribution in [1.29, 1.82) is 0 Å². The minimum absolute atomic E-state index is 0.00982. The Morgan fingerprint density at radius 3 is 2.67 bits per heavy atom. The summed E-state index contributed by atoms with van der Waals surface area (Å²) in [4.78, 5) is 13.3. The molecule has 5 nitrogen and oxygen atoms in total. The molecular weight excluding hydrogens is 196 g/mol. The van der Waals surface area contributed by atoms with Crippen molar-refractivity contribution in [3.05, 3.63) is 0 Å². The topological polar surface area (TPSA) is 75.8 Å². The van der Waals surface area contributed by atoms with Crippen LogP contribution in [0.5, 0.6) is 0 Å². The highest BCUT2D eigenvalue weighted by Gasteiger charge is 2.24. The Kier molecular flexibility index (Phi) is 5.01. The summed E-state index contributed by atoms with van der Waals surface area (Å²) < 4.78 is 5.40.